The van der Waals surface area contributed by atoms with Crippen molar-refractivity contribution in [1.82, 2.24) is 9.97 Å². The zero-order chi connectivity index (χ0) is 18.1. The lowest BCUT2D eigenvalue weighted by Gasteiger charge is -2.13. The Balaban J connectivity index is 1.56. The van der Waals surface area contributed by atoms with Crippen molar-refractivity contribution >= 4 is 29.0 Å². The number of carbonyl (C=O) groups is 1. The zero-order valence-corrected chi connectivity index (χ0v) is 14.0. The number of hydrogen-bond acceptors (Lipinski definition) is 8. The van der Waals surface area contributed by atoms with E-state index < -0.39 is 12.0 Å². The zero-order valence-electron chi connectivity index (χ0n) is 14.0. The molecule has 0 bridgehead atoms. The molecule has 1 unspecified atom stereocenters. The lowest BCUT2D eigenvalue weighted by Crippen LogP contribution is -2.23. The quantitative estimate of drug-likeness (QED) is 0.537. The number of primary amides is 1. The van der Waals surface area contributed by atoms with Gasteiger partial charge in [0.05, 0.1) is 11.3 Å². The van der Waals surface area contributed by atoms with Gasteiger partial charge in [0.25, 0.3) is 5.91 Å². The number of nitrogens with zero attached hydrogens (tertiary/aromatic N) is 2. The molecule has 6 N–H and O–H groups in total. The normalized spacial score (nSPS) is 18.7. The number of benzene rings is 1. The number of nitrogens with two attached hydrogens (primary N) is 1. The number of anilines is 4. The van der Waals surface area contributed by atoms with E-state index in [4.69, 9.17) is 10.5 Å². The van der Waals surface area contributed by atoms with Crippen LogP contribution in [0.3, 0.4) is 0 Å². The highest BCUT2D eigenvalue weighted by Gasteiger charge is 2.24. The number of aromatic nitrogens is 2. The van der Waals surface area contributed by atoms with Gasteiger partial charge in [0.2, 0.25) is 5.95 Å². The van der Waals surface area contributed by atoms with Gasteiger partial charge in [-0.1, -0.05) is 0 Å². The Labute approximate surface area is 150 Å². The van der Waals surface area contributed by atoms with Crippen LogP contribution in [0.4, 0.5) is 23.1 Å². The molecule has 0 saturated heterocycles. The summed E-state index contributed by atoms with van der Waals surface area (Å²) < 4.78 is 5.54. The fourth-order valence-corrected chi connectivity index (χ4v) is 2.63. The highest BCUT2D eigenvalue weighted by atomic mass is 16.5. The molecule has 1 aromatic carbocycles. The van der Waals surface area contributed by atoms with Crippen LogP contribution < -0.4 is 26.4 Å². The first-order chi connectivity index (χ1) is 12.6. The van der Waals surface area contributed by atoms with Crippen LogP contribution in [0.25, 0.3) is 0 Å². The molecule has 2 aliphatic rings. The van der Waals surface area contributed by atoms with Crippen LogP contribution in [0.2, 0.25) is 0 Å². The van der Waals surface area contributed by atoms with Crippen LogP contribution in [0.15, 0.2) is 24.4 Å². The number of aliphatic hydroxyl groups is 1. The van der Waals surface area contributed by atoms with E-state index in [1.807, 2.05) is 18.2 Å². The Morgan fingerprint density at radius 2 is 2.23 bits per heavy atom. The van der Waals surface area contributed by atoms with Crippen LogP contribution in [-0.2, 0) is 0 Å². The minimum absolute atomic E-state index is 0.251. The summed E-state index contributed by atoms with van der Waals surface area (Å²) in [5.41, 5.74) is 7.19. The summed E-state index contributed by atoms with van der Waals surface area (Å²) in [6.45, 7) is 0.663. The standard InChI is InChI=1S/C17H20N6O3/c18-15(25)12-7-20-17(23-16(12)21-9-1-2-9)22-10-3-4-14-13(5-10)19-6-11(24)8-26-14/h3-5,7,9,11,19,24H,1-2,6,8H2,(H2,18,25)(H2,20,21,22,23). The second-order valence-electron chi connectivity index (χ2n) is 6.42. The molecule has 2 heterocycles. The van der Waals surface area contributed by atoms with E-state index in [1.54, 1.807) is 0 Å². The van der Waals surface area contributed by atoms with Crippen molar-refractivity contribution in [3.05, 3.63) is 30.0 Å². The van der Waals surface area contributed by atoms with Crippen molar-refractivity contribution in [2.45, 2.75) is 25.0 Å². The van der Waals surface area contributed by atoms with Gasteiger partial charge in [-0.2, -0.15) is 4.98 Å². The van der Waals surface area contributed by atoms with Crippen LogP contribution in [0.5, 0.6) is 5.75 Å². The van der Waals surface area contributed by atoms with Crippen LogP contribution >= 0.6 is 0 Å². The number of carbonyl (C=O) groups excluding carboxylic acids is 1. The topological polar surface area (TPSA) is 134 Å². The Bertz CT molecular complexity index is 839. The van der Waals surface area contributed by atoms with Crippen molar-refractivity contribution in [1.29, 1.82) is 0 Å². The molecule has 4 rings (SSSR count). The average molecular weight is 356 g/mol. The minimum atomic E-state index is -0.565. The number of rotatable bonds is 5. The van der Waals surface area contributed by atoms with Crippen molar-refractivity contribution in [2.75, 3.05) is 29.1 Å². The fraction of sp³-hybridized carbons (Fsp3) is 0.353. The van der Waals surface area contributed by atoms with Crippen molar-refractivity contribution in [3.63, 3.8) is 0 Å². The van der Waals surface area contributed by atoms with Gasteiger partial charge in [-0.3, -0.25) is 4.79 Å². The van der Waals surface area contributed by atoms with Gasteiger partial charge in [-0.15, -0.1) is 0 Å². The molecule has 9 heteroatoms. The molecule has 0 spiro atoms. The number of aliphatic hydroxyl groups excluding tert-OH is 1. The van der Waals surface area contributed by atoms with Crippen molar-refractivity contribution in [3.8, 4) is 5.75 Å². The van der Waals surface area contributed by atoms with E-state index in [2.05, 4.69) is 25.9 Å². The SMILES string of the molecule is NC(=O)c1cnc(Nc2ccc3c(c2)NCC(O)CO3)nc1NC1CC1. The van der Waals surface area contributed by atoms with E-state index in [9.17, 15) is 9.90 Å². The number of amides is 1. The van der Waals surface area contributed by atoms with Gasteiger partial charge >= 0.3 is 0 Å². The summed E-state index contributed by atoms with van der Waals surface area (Å²) >= 11 is 0. The summed E-state index contributed by atoms with van der Waals surface area (Å²) in [5.74, 6) is 0.905. The lowest BCUT2D eigenvalue weighted by molar-refractivity contribution is 0.100. The van der Waals surface area contributed by atoms with Gasteiger partial charge in [-0.25, -0.2) is 4.98 Å². The highest BCUT2D eigenvalue weighted by Crippen LogP contribution is 2.31. The molecule has 1 aliphatic carbocycles. The van der Waals surface area contributed by atoms with Crippen molar-refractivity contribution in [2.24, 2.45) is 5.73 Å². The third-order valence-corrected chi connectivity index (χ3v) is 4.17. The van der Waals surface area contributed by atoms with Gasteiger partial charge in [-0.05, 0) is 31.0 Å². The summed E-state index contributed by atoms with van der Waals surface area (Å²) in [4.78, 5) is 20.1. The summed E-state index contributed by atoms with van der Waals surface area (Å²) in [6, 6.07) is 5.82. The molecular weight excluding hydrogens is 336 g/mol. The molecule has 1 fully saturated rings. The van der Waals surface area contributed by atoms with Crippen LogP contribution in [-0.4, -0.2) is 46.3 Å². The summed E-state index contributed by atoms with van der Waals surface area (Å²) in [7, 11) is 0. The Hall–Kier alpha value is -3.07. The number of fused-ring (bicyclic) bond motifs is 1. The Kier molecular flexibility index (Phi) is 4.21. The maximum absolute atomic E-state index is 11.6. The molecule has 1 saturated carbocycles. The molecule has 26 heavy (non-hydrogen) atoms. The minimum Gasteiger partial charge on any atom is -0.489 e. The van der Waals surface area contributed by atoms with E-state index in [0.29, 0.717) is 30.1 Å². The second kappa shape index (κ2) is 6.68. The highest BCUT2D eigenvalue weighted by molar-refractivity contribution is 5.97. The van der Waals surface area contributed by atoms with E-state index >= 15 is 0 Å². The molecular formula is C17H20N6O3. The average Bonchev–Trinajstić information content (AvgIpc) is 3.44. The molecule has 0 radical (unpaired) electrons. The number of β-amino-alcohol motifs (C(OH)–C–C–N with tert-alkyl or cyclic N) is 1. The second-order valence-corrected chi connectivity index (χ2v) is 6.42. The Morgan fingerprint density at radius 1 is 1.38 bits per heavy atom. The number of ether oxygens (including phenoxy) is 1. The largest absolute Gasteiger partial charge is 0.489 e. The first-order valence-electron chi connectivity index (χ1n) is 8.47. The smallest absolute Gasteiger partial charge is 0.254 e. The summed E-state index contributed by atoms with van der Waals surface area (Å²) in [5, 5.41) is 19.1. The van der Waals surface area contributed by atoms with Gasteiger partial charge in [0, 0.05) is 24.5 Å². The van der Waals surface area contributed by atoms with Gasteiger partial charge in [0.15, 0.2) is 0 Å². The molecule has 1 aromatic heterocycles. The molecule has 9 nitrogen and oxygen atoms in total. The molecule has 1 atom stereocenters. The molecule has 2 aromatic rings. The lowest BCUT2D eigenvalue weighted by atomic mass is 10.2. The maximum atomic E-state index is 11.6. The first kappa shape index (κ1) is 16.4. The Morgan fingerprint density at radius 3 is 3.00 bits per heavy atom. The third kappa shape index (κ3) is 3.62. The summed E-state index contributed by atoms with van der Waals surface area (Å²) in [6.07, 6.45) is 2.96. The van der Waals surface area contributed by atoms with Crippen LogP contribution in [0.1, 0.15) is 23.2 Å². The molecule has 136 valence electrons. The van der Waals surface area contributed by atoms with E-state index in [1.165, 1.54) is 6.20 Å². The fourth-order valence-electron chi connectivity index (χ4n) is 2.63. The first-order valence-corrected chi connectivity index (χ1v) is 8.47. The van der Waals surface area contributed by atoms with E-state index in [0.717, 1.165) is 24.2 Å². The molecule has 1 aliphatic heterocycles. The number of hydrogen-bond donors (Lipinski definition) is 5. The number of nitrogens with one attached hydrogen (secondary N) is 3. The third-order valence-electron chi connectivity index (χ3n) is 4.17. The predicted molar refractivity (Wildman–Crippen MR) is 96.9 cm³/mol. The van der Waals surface area contributed by atoms with E-state index in [-0.39, 0.29) is 12.2 Å². The van der Waals surface area contributed by atoms with Gasteiger partial charge in [0.1, 0.15) is 24.3 Å². The predicted octanol–water partition coefficient (Wildman–Crippen LogP) is 1.06. The van der Waals surface area contributed by atoms with Crippen molar-refractivity contribution < 1.29 is 14.6 Å². The van der Waals surface area contributed by atoms with Gasteiger partial charge < -0.3 is 31.5 Å². The monoisotopic (exact) mass is 356 g/mol. The van der Waals surface area contributed by atoms with Crippen LogP contribution in [0, 0.1) is 0 Å². The molecule has 1 amide bonds. The maximum Gasteiger partial charge on any atom is 0.254 e.